The summed E-state index contributed by atoms with van der Waals surface area (Å²) in [6.07, 6.45) is 2.10. The van der Waals surface area contributed by atoms with E-state index in [1.54, 1.807) is 27.0 Å². The molecule has 0 aliphatic rings. The minimum atomic E-state index is -1.10. The smallest absolute Gasteiger partial charge is 0.407 e. The Morgan fingerprint density at radius 1 is 1.43 bits per heavy atom. The topological polar surface area (TPSA) is 116 Å². The molecule has 4 N–H and O–H groups in total. The first kappa shape index (κ1) is 19.3. The third-order valence-corrected chi connectivity index (χ3v) is 3.19. The molecular weight excluding hydrogens is 368 g/mol. The number of H-pyrrole nitrogens is 1. The lowest BCUT2D eigenvalue weighted by Crippen LogP contribution is -2.33. The zero-order chi connectivity index (χ0) is 17.5. The molecule has 1 unspecified atom stereocenters. The molecule has 0 fully saturated rings. The molecular formula is C14H23BrN4O4. The summed E-state index contributed by atoms with van der Waals surface area (Å²) in [4.78, 5) is 29.4. The highest BCUT2D eigenvalue weighted by atomic mass is 79.9. The van der Waals surface area contributed by atoms with Crippen molar-refractivity contribution in [2.24, 2.45) is 0 Å². The number of carboxylic acid groups (broad SMARTS) is 1. The van der Waals surface area contributed by atoms with Crippen LogP contribution in [0.5, 0.6) is 0 Å². The van der Waals surface area contributed by atoms with E-state index in [0.717, 1.165) is 6.42 Å². The summed E-state index contributed by atoms with van der Waals surface area (Å²) in [6.45, 7) is 5.87. The lowest BCUT2D eigenvalue weighted by Gasteiger charge is -2.19. The molecule has 2 amide bonds. The predicted molar refractivity (Wildman–Crippen MR) is 88.3 cm³/mol. The average Bonchev–Trinajstić information content (AvgIpc) is 2.81. The first-order valence-corrected chi connectivity index (χ1v) is 8.14. The van der Waals surface area contributed by atoms with Crippen LogP contribution in [-0.4, -0.2) is 39.4 Å². The van der Waals surface area contributed by atoms with Crippen LogP contribution in [0, 0.1) is 0 Å². The summed E-state index contributed by atoms with van der Waals surface area (Å²) in [5.74, 6) is 0.555. The SMILES string of the molecule is CC(C)(C)OC(=O)NCCCCC(NC(=O)O)c1nc(Br)c[nH]1. The molecule has 1 aromatic rings. The maximum Gasteiger partial charge on any atom is 0.407 e. The van der Waals surface area contributed by atoms with Crippen molar-refractivity contribution < 1.29 is 19.4 Å². The van der Waals surface area contributed by atoms with Gasteiger partial charge in [0.2, 0.25) is 0 Å². The molecule has 0 spiro atoms. The fourth-order valence-corrected chi connectivity index (χ4v) is 2.20. The Balaban J connectivity index is 2.33. The van der Waals surface area contributed by atoms with Crippen molar-refractivity contribution in [2.75, 3.05) is 6.54 Å². The maximum atomic E-state index is 11.5. The number of halogens is 1. The number of rotatable bonds is 7. The van der Waals surface area contributed by atoms with Crippen LogP contribution in [0.3, 0.4) is 0 Å². The van der Waals surface area contributed by atoms with Crippen molar-refractivity contribution >= 4 is 28.1 Å². The molecule has 1 heterocycles. The number of aromatic nitrogens is 2. The van der Waals surface area contributed by atoms with E-state index >= 15 is 0 Å². The van der Waals surface area contributed by atoms with Crippen LogP contribution in [-0.2, 0) is 4.74 Å². The number of carbonyl (C=O) groups is 2. The van der Waals surface area contributed by atoms with E-state index in [9.17, 15) is 9.59 Å². The van der Waals surface area contributed by atoms with Crippen LogP contribution in [0.25, 0.3) is 0 Å². The van der Waals surface area contributed by atoms with E-state index in [1.807, 2.05) is 0 Å². The fraction of sp³-hybridized carbons (Fsp3) is 0.643. The molecule has 0 saturated heterocycles. The second-order valence-corrected chi connectivity index (χ2v) is 6.85. The minimum absolute atomic E-state index is 0.416. The van der Waals surface area contributed by atoms with E-state index in [0.29, 0.717) is 29.8 Å². The van der Waals surface area contributed by atoms with Crippen molar-refractivity contribution in [3.05, 3.63) is 16.6 Å². The number of aromatic amines is 1. The Bertz CT molecular complexity index is 527. The highest BCUT2D eigenvalue weighted by molar-refractivity contribution is 9.10. The number of unbranched alkanes of at least 4 members (excludes halogenated alkanes) is 1. The van der Waals surface area contributed by atoms with E-state index in [1.165, 1.54) is 0 Å². The molecule has 0 aliphatic heterocycles. The molecule has 23 heavy (non-hydrogen) atoms. The Hall–Kier alpha value is -1.77. The zero-order valence-electron chi connectivity index (χ0n) is 13.5. The third-order valence-electron chi connectivity index (χ3n) is 2.78. The summed E-state index contributed by atoms with van der Waals surface area (Å²) in [5.41, 5.74) is -0.521. The van der Waals surface area contributed by atoms with Crippen molar-refractivity contribution in [3.8, 4) is 0 Å². The third kappa shape index (κ3) is 8.44. The summed E-state index contributed by atoms with van der Waals surface area (Å²) < 4.78 is 5.75. The van der Waals surface area contributed by atoms with Crippen molar-refractivity contribution in [1.82, 2.24) is 20.6 Å². The first-order chi connectivity index (χ1) is 10.7. The van der Waals surface area contributed by atoms with Gasteiger partial charge in [-0.3, -0.25) is 0 Å². The molecule has 0 aromatic carbocycles. The maximum absolute atomic E-state index is 11.5. The van der Waals surface area contributed by atoms with Crippen LogP contribution in [0.2, 0.25) is 0 Å². The van der Waals surface area contributed by atoms with Gasteiger partial charge >= 0.3 is 12.2 Å². The number of nitrogens with one attached hydrogen (secondary N) is 3. The lowest BCUT2D eigenvalue weighted by molar-refractivity contribution is 0.0527. The van der Waals surface area contributed by atoms with Gasteiger partial charge in [0.05, 0.1) is 6.04 Å². The van der Waals surface area contributed by atoms with Crippen molar-refractivity contribution in [3.63, 3.8) is 0 Å². The summed E-state index contributed by atoms with van der Waals surface area (Å²) in [6, 6.07) is -0.416. The normalized spacial score (nSPS) is 12.5. The van der Waals surface area contributed by atoms with E-state index in [-0.39, 0.29) is 0 Å². The molecule has 0 saturated carbocycles. The van der Waals surface area contributed by atoms with Gasteiger partial charge in [0.1, 0.15) is 16.0 Å². The Kier molecular flexibility index (Phi) is 7.34. The predicted octanol–water partition coefficient (Wildman–Crippen LogP) is 3.18. The van der Waals surface area contributed by atoms with Gasteiger partial charge in [0, 0.05) is 12.7 Å². The van der Waals surface area contributed by atoms with Crippen LogP contribution in [0.4, 0.5) is 9.59 Å². The Morgan fingerprint density at radius 2 is 2.13 bits per heavy atom. The second kappa shape index (κ2) is 8.76. The van der Waals surface area contributed by atoms with Gasteiger partial charge < -0.3 is 25.5 Å². The number of hydrogen-bond donors (Lipinski definition) is 4. The quantitative estimate of drug-likeness (QED) is 0.533. The average molecular weight is 391 g/mol. The largest absolute Gasteiger partial charge is 0.465 e. The minimum Gasteiger partial charge on any atom is -0.465 e. The van der Waals surface area contributed by atoms with Crippen molar-refractivity contribution in [2.45, 2.75) is 51.7 Å². The molecule has 8 nitrogen and oxygen atoms in total. The monoisotopic (exact) mass is 390 g/mol. The Labute approximate surface area is 143 Å². The standard InChI is InChI=1S/C14H23BrN4O4/c1-14(2,3)23-13(22)16-7-5-4-6-9(18-12(20)21)11-17-8-10(15)19-11/h8-9,18H,4-7H2,1-3H3,(H,16,22)(H,17,19)(H,20,21). The van der Waals surface area contributed by atoms with Crippen LogP contribution >= 0.6 is 15.9 Å². The molecule has 9 heteroatoms. The van der Waals surface area contributed by atoms with E-state index in [4.69, 9.17) is 9.84 Å². The molecule has 0 aliphatic carbocycles. The van der Waals surface area contributed by atoms with Gasteiger partial charge in [0.15, 0.2) is 0 Å². The van der Waals surface area contributed by atoms with Crippen LogP contribution in [0.15, 0.2) is 10.8 Å². The second-order valence-electron chi connectivity index (χ2n) is 6.03. The van der Waals surface area contributed by atoms with Crippen LogP contribution < -0.4 is 10.6 Å². The van der Waals surface area contributed by atoms with E-state index in [2.05, 4.69) is 36.5 Å². The molecule has 1 aromatic heterocycles. The zero-order valence-corrected chi connectivity index (χ0v) is 15.1. The number of amides is 2. The van der Waals surface area contributed by atoms with Gasteiger partial charge in [-0.25, -0.2) is 14.6 Å². The van der Waals surface area contributed by atoms with Gasteiger partial charge in [-0.15, -0.1) is 0 Å². The summed E-state index contributed by atoms with van der Waals surface area (Å²) in [7, 11) is 0. The number of carbonyl (C=O) groups excluding carboxylic acids is 1. The van der Waals surface area contributed by atoms with Crippen molar-refractivity contribution in [1.29, 1.82) is 0 Å². The van der Waals surface area contributed by atoms with E-state index < -0.39 is 23.8 Å². The fourth-order valence-electron chi connectivity index (χ4n) is 1.90. The number of alkyl carbamates (subject to hydrolysis) is 1. The number of nitrogens with zero attached hydrogens (tertiary/aromatic N) is 1. The highest BCUT2D eigenvalue weighted by Gasteiger charge is 2.18. The molecule has 1 atom stereocenters. The number of ether oxygens (including phenoxy) is 1. The van der Waals surface area contributed by atoms with Gasteiger partial charge in [-0.1, -0.05) is 0 Å². The highest BCUT2D eigenvalue weighted by Crippen LogP contribution is 2.18. The lowest BCUT2D eigenvalue weighted by atomic mass is 10.1. The number of imidazole rings is 1. The molecule has 130 valence electrons. The molecule has 0 radical (unpaired) electrons. The van der Waals surface area contributed by atoms with Gasteiger partial charge in [0.25, 0.3) is 0 Å². The molecule has 0 bridgehead atoms. The summed E-state index contributed by atoms with van der Waals surface area (Å²) in [5, 5.41) is 14.0. The van der Waals surface area contributed by atoms with Gasteiger partial charge in [-0.05, 0) is 56.0 Å². The van der Waals surface area contributed by atoms with Gasteiger partial charge in [-0.2, -0.15) is 0 Å². The Morgan fingerprint density at radius 3 is 2.65 bits per heavy atom. The van der Waals surface area contributed by atoms with Crippen LogP contribution in [0.1, 0.15) is 51.9 Å². The summed E-state index contributed by atoms with van der Waals surface area (Å²) >= 11 is 3.22. The number of hydrogen-bond acceptors (Lipinski definition) is 4. The molecule has 1 rings (SSSR count). The first-order valence-electron chi connectivity index (χ1n) is 7.34.